The predicted molar refractivity (Wildman–Crippen MR) is 167 cm³/mol. The van der Waals surface area contributed by atoms with Crippen LogP contribution in [-0.4, -0.2) is 7.12 Å². The van der Waals surface area contributed by atoms with Crippen molar-refractivity contribution in [3.05, 3.63) is 157 Å². The van der Waals surface area contributed by atoms with Crippen molar-refractivity contribution in [2.45, 2.75) is 12.3 Å². The molecule has 63 heavy (non-hydrogen) atoms. The topological polar surface area (TPSA) is 18.5 Å². The lowest BCUT2D eigenvalue weighted by Crippen LogP contribution is -2.49. The van der Waals surface area contributed by atoms with E-state index < -0.39 is 208 Å². The Balaban J connectivity index is 1.51. The highest BCUT2D eigenvalue weighted by atomic mass is 19.3. The van der Waals surface area contributed by atoms with Gasteiger partial charge in [0, 0.05) is 39.8 Å². The number of benzene rings is 6. The maximum absolute atomic E-state index is 16.4. The van der Waals surface area contributed by atoms with Gasteiger partial charge in [0.25, 0.3) is 0 Å². The standard InChI is InChI=1S/C38H5BF22O2/c40-7-3-1-2-5-4-6-9(8(5)7)17(41)30(54)34(58)36(6)62-39(63-37-13(22(46)29(53)33(57)35(37)59)12-20(44)27(51)32(56)28(52)21(12)45)16-14-10(18(42)25(49)24(16)48)11-15(38(14,60)61)23(47)31(55)26(50)19(11)43/h1-3H,4H2. The summed E-state index contributed by atoms with van der Waals surface area (Å²) in [6, 6.07) is 2.47. The molecule has 2 nitrogen and oxygen atoms in total. The summed E-state index contributed by atoms with van der Waals surface area (Å²) in [5.74, 6) is -70.4. The van der Waals surface area contributed by atoms with E-state index in [-0.39, 0.29) is 0 Å². The number of fused-ring (bicyclic) bond motifs is 6. The van der Waals surface area contributed by atoms with Gasteiger partial charge in [0.2, 0.25) is 23.3 Å². The molecule has 0 atom stereocenters. The van der Waals surface area contributed by atoms with E-state index in [9.17, 15) is 30.7 Å². The van der Waals surface area contributed by atoms with Gasteiger partial charge in [-0.3, -0.25) is 0 Å². The number of hydrogen-bond acceptors (Lipinski definition) is 2. The Kier molecular flexibility index (Phi) is 9.74. The molecule has 6 aromatic rings. The van der Waals surface area contributed by atoms with Gasteiger partial charge in [-0.15, -0.1) is 0 Å². The summed E-state index contributed by atoms with van der Waals surface area (Å²) in [5, 5.41) is 0. The van der Waals surface area contributed by atoms with Crippen molar-refractivity contribution >= 4 is 12.6 Å². The first kappa shape index (κ1) is 43.1. The Morgan fingerprint density at radius 2 is 0.762 bits per heavy atom. The fraction of sp³-hybridized carbons (Fsp3) is 0.0526. The molecule has 0 saturated heterocycles. The van der Waals surface area contributed by atoms with Gasteiger partial charge in [-0.05, 0) is 11.6 Å². The molecule has 0 fully saturated rings. The SMILES string of the molecule is Fc1cccc2c1-c1c(F)c(F)c(F)c(OB(Oc3c(F)c(F)c(F)c(F)c3-c3c(F)c(F)c(F)c(F)c3F)c3c(F)c(F)c(F)c4c3C(F)(F)c3c(F)c(F)c(F)c(F)c3-4)c1C2. The second kappa shape index (κ2) is 14.2. The van der Waals surface area contributed by atoms with E-state index in [2.05, 4.69) is 4.65 Å². The third kappa shape index (κ3) is 5.65. The molecule has 2 aliphatic carbocycles. The van der Waals surface area contributed by atoms with Gasteiger partial charge in [-0.2, -0.15) is 17.6 Å². The first-order valence-corrected chi connectivity index (χ1v) is 16.5. The molecule has 0 N–H and O–H groups in total. The zero-order valence-corrected chi connectivity index (χ0v) is 29.1. The molecule has 0 bridgehead atoms. The van der Waals surface area contributed by atoms with Crippen molar-refractivity contribution < 1.29 is 106 Å². The Morgan fingerprint density at radius 1 is 0.365 bits per heavy atom. The van der Waals surface area contributed by atoms with E-state index in [1.807, 2.05) is 0 Å². The monoisotopic (exact) mass is 922 g/mol. The molecule has 0 unspecified atom stereocenters. The number of rotatable bonds is 6. The van der Waals surface area contributed by atoms with E-state index >= 15 is 65.9 Å². The lowest BCUT2D eigenvalue weighted by atomic mass is 9.72. The van der Waals surface area contributed by atoms with Gasteiger partial charge in [0.1, 0.15) is 11.6 Å². The van der Waals surface area contributed by atoms with Crippen LogP contribution in [0.15, 0.2) is 18.2 Å². The van der Waals surface area contributed by atoms with E-state index in [1.165, 1.54) is 0 Å². The highest BCUT2D eigenvalue weighted by molar-refractivity contribution is 6.64. The maximum atomic E-state index is 16.4. The smallest absolute Gasteiger partial charge is 0.519 e. The first-order valence-electron chi connectivity index (χ1n) is 16.5. The molecule has 0 heterocycles. The maximum Gasteiger partial charge on any atom is 0.636 e. The average molecular weight is 922 g/mol. The highest BCUT2D eigenvalue weighted by Crippen LogP contribution is 2.55. The minimum absolute atomic E-state index is 0.421. The molecule has 0 aromatic heterocycles. The molecule has 8 rings (SSSR count). The predicted octanol–water partition coefficient (Wildman–Crippen LogP) is 11.7. The van der Waals surface area contributed by atoms with E-state index in [4.69, 9.17) is 4.65 Å². The van der Waals surface area contributed by atoms with Crippen LogP contribution in [0.3, 0.4) is 0 Å². The normalized spacial score (nSPS) is 13.3. The number of hydrogen-bond donors (Lipinski definition) is 0. The van der Waals surface area contributed by atoms with E-state index in [0.717, 1.165) is 12.1 Å². The van der Waals surface area contributed by atoms with Crippen LogP contribution < -0.4 is 14.8 Å². The van der Waals surface area contributed by atoms with Crippen LogP contribution in [0.5, 0.6) is 11.5 Å². The van der Waals surface area contributed by atoms with Crippen molar-refractivity contribution in [1.82, 2.24) is 0 Å². The quantitative estimate of drug-likeness (QED) is 0.0716. The average Bonchev–Trinajstić information content (AvgIpc) is 3.76. The van der Waals surface area contributed by atoms with E-state index in [0.29, 0.717) is 6.07 Å². The summed E-state index contributed by atoms with van der Waals surface area (Å²) in [7, 11) is -4.27. The van der Waals surface area contributed by atoms with Crippen LogP contribution in [0.1, 0.15) is 22.3 Å². The lowest BCUT2D eigenvalue weighted by molar-refractivity contribution is 0.0433. The Hall–Kier alpha value is -6.56. The van der Waals surface area contributed by atoms with Crippen LogP contribution in [0.4, 0.5) is 96.6 Å². The molecule has 25 heteroatoms. The molecule has 0 saturated carbocycles. The molecule has 0 aliphatic heterocycles. The third-order valence-electron chi connectivity index (χ3n) is 9.97. The van der Waals surface area contributed by atoms with Gasteiger partial charge in [0.05, 0.1) is 22.2 Å². The molecule has 326 valence electrons. The summed E-state index contributed by atoms with van der Waals surface area (Å²) >= 11 is 0. The lowest BCUT2D eigenvalue weighted by Gasteiger charge is -2.25. The van der Waals surface area contributed by atoms with Crippen molar-refractivity contribution in [2.75, 3.05) is 0 Å². The van der Waals surface area contributed by atoms with E-state index in [1.54, 1.807) is 0 Å². The third-order valence-corrected chi connectivity index (χ3v) is 9.97. The highest BCUT2D eigenvalue weighted by Gasteiger charge is 2.58. The molecule has 0 spiro atoms. The van der Waals surface area contributed by atoms with Gasteiger partial charge in [-0.1, -0.05) is 12.1 Å². The largest absolute Gasteiger partial charge is 0.636 e. The van der Waals surface area contributed by atoms with Crippen molar-refractivity contribution in [3.8, 4) is 44.9 Å². The summed E-state index contributed by atoms with van der Waals surface area (Å²) in [5.41, 5.74) is -23.1. The number of alkyl halides is 2. The molecule has 0 amide bonds. The summed E-state index contributed by atoms with van der Waals surface area (Å²) in [4.78, 5) is 0. The first-order chi connectivity index (χ1) is 29.4. The summed E-state index contributed by atoms with van der Waals surface area (Å²) in [6.07, 6.45) is -1.07. The van der Waals surface area contributed by atoms with Crippen LogP contribution in [0.25, 0.3) is 33.4 Å². The van der Waals surface area contributed by atoms with Gasteiger partial charge >= 0.3 is 13.0 Å². The fourth-order valence-electron chi connectivity index (χ4n) is 7.30. The molecular weight excluding hydrogens is 917 g/mol. The minimum atomic E-state index is -5.82. The van der Waals surface area contributed by atoms with Crippen LogP contribution in [-0.2, 0) is 12.3 Å². The van der Waals surface area contributed by atoms with Gasteiger partial charge in [0.15, 0.2) is 93.0 Å². The molecule has 6 aromatic carbocycles. The zero-order valence-electron chi connectivity index (χ0n) is 29.1. The van der Waals surface area contributed by atoms with Crippen LogP contribution >= 0.6 is 0 Å². The zero-order chi connectivity index (χ0) is 46.4. The number of halogens is 22. The second-order valence-corrected chi connectivity index (χ2v) is 13.2. The van der Waals surface area contributed by atoms with Crippen molar-refractivity contribution in [3.63, 3.8) is 0 Å². The second-order valence-electron chi connectivity index (χ2n) is 13.2. The summed E-state index contributed by atoms with van der Waals surface area (Å²) < 4.78 is 344. The Bertz CT molecular complexity index is 3070. The molecule has 0 radical (unpaired) electrons. The molecular formula is C38H5BF22O2. The Morgan fingerprint density at radius 3 is 1.33 bits per heavy atom. The molecule has 2 aliphatic rings. The van der Waals surface area contributed by atoms with Crippen molar-refractivity contribution in [2.24, 2.45) is 0 Å². The van der Waals surface area contributed by atoms with Gasteiger partial charge in [-0.25, -0.2) is 79.0 Å². The van der Waals surface area contributed by atoms with Gasteiger partial charge < -0.3 is 9.31 Å². The Labute approximate surface area is 332 Å². The summed E-state index contributed by atoms with van der Waals surface area (Å²) in [6.45, 7) is 0. The van der Waals surface area contributed by atoms with Crippen LogP contribution in [0.2, 0.25) is 0 Å². The van der Waals surface area contributed by atoms with Crippen LogP contribution in [0, 0.1) is 116 Å². The van der Waals surface area contributed by atoms with Crippen molar-refractivity contribution in [1.29, 1.82) is 0 Å². The fourth-order valence-corrected chi connectivity index (χ4v) is 7.30. The minimum Gasteiger partial charge on any atom is -0.519 e.